The standard InChI is InChI=1S/C11H16N2O4/c1-7-4-8(13-17-7)5-9(14)12-6-11(2,3)10(15)16/h4H,5-6H2,1-3H3,(H,12,14)(H,15,16). The largest absolute Gasteiger partial charge is 0.481 e. The fourth-order valence-electron chi connectivity index (χ4n) is 1.12. The molecule has 1 amide bonds. The van der Waals surface area contributed by atoms with Gasteiger partial charge in [0.2, 0.25) is 5.91 Å². The lowest BCUT2D eigenvalue weighted by Gasteiger charge is -2.19. The molecule has 6 heteroatoms. The van der Waals surface area contributed by atoms with E-state index in [1.54, 1.807) is 26.8 Å². The minimum atomic E-state index is -0.977. The first kappa shape index (κ1) is 13.2. The molecule has 0 aliphatic carbocycles. The summed E-state index contributed by atoms with van der Waals surface area (Å²) in [6, 6.07) is 1.67. The molecule has 1 aromatic heterocycles. The summed E-state index contributed by atoms with van der Waals surface area (Å²) in [5, 5.41) is 15.1. The third-order valence-electron chi connectivity index (χ3n) is 2.32. The summed E-state index contributed by atoms with van der Waals surface area (Å²) in [6.45, 7) is 4.92. The summed E-state index contributed by atoms with van der Waals surface area (Å²) in [7, 11) is 0. The van der Waals surface area contributed by atoms with Crippen LogP contribution in [0.2, 0.25) is 0 Å². The third-order valence-corrected chi connectivity index (χ3v) is 2.32. The van der Waals surface area contributed by atoms with E-state index in [0.717, 1.165) is 0 Å². The monoisotopic (exact) mass is 240 g/mol. The van der Waals surface area contributed by atoms with Gasteiger partial charge in [-0.05, 0) is 20.8 Å². The fraction of sp³-hybridized carbons (Fsp3) is 0.545. The summed E-state index contributed by atoms with van der Waals surface area (Å²) in [6.07, 6.45) is 0.0903. The Morgan fingerprint density at radius 3 is 2.65 bits per heavy atom. The number of carboxylic acids is 1. The molecule has 0 radical (unpaired) electrons. The van der Waals surface area contributed by atoms with Gasteiger partial charge in [-0.15, -0.1) is 0 Å². The Labute approximate surface area is 99.0 Å². The van der Waals surface area contributed by atoms with Gasteiger partial charge in [-0.2, -0.15) is 0 Å². The van der Waals surface area contributed by atoms with Gasteiger partial charge in [-0.25, -0.2) is 0 Å². The number of amides is 1. The lowest BCUT2D eigenvalue weighted by atomic mass is 9.94. The molecule has 1 heterocycles. The van der Waals surface area contributed by atoms with Gasteiger partial charge in [-0.3, -0.25) is 9.59 Å². The zero-order valence-electron chi connectivity index (χ0n) is 10.1. The van der Waals surface area contributed by atoms with Crippen molar-refractivity contribution >= 4 is 11.9 Å². The normalized spacial score (nSPS) is 11.2. The van der Waals surface area contributed by atoms with Crippen LogP contribution in [-0.4, -0.2) is 28.7 Å². The van der Waals surface area contributed by atoms with Gasteiger partial charge < -0.3 is 14.9 Å². The van der Waals surface area contributed by atoms with Crippen LogP contribution in [0.3, 0.4) is 0 Å². The van der Waals surface area contributed by atoms with E-state index in [1.165, 1.54) is 0 Å². The molecule has 0 unspecified atom stereocenters. The highest BCUT2D eigenvalue weighted by atomic mass is 16.5. The molecular weight excluding hydrogens is 224 g/mol. The highest BCUT2D eigenvalue weighted by Crippen LogP contribution is 2.13. The van der Waals surface area contributed by atoms with Crippen molar-refractivity contribution in [1.82, 2.24) is 10.5 Å². The number of nitrogens with zero attached hydrogens (tertiary/aromatic N) is 1. The molecule has 6 nitrogen and oxygen atoms in total. The fourth-order valence-corrected chi connectivity index (χ4v) is 1.12. The van der Waals surface area contributed by atoms with Gasteiger partial charge in [0.15, 0.2) is 0 Å². The van der Waals surface area contributed by atoms with Crippen molar-refractivity contribution in [3.8, 4) is 0 Å². The minimum absolute atomic E-state index is 0.0813. The van der Waals surface area contributed by atoms with E-state index in [2.05, 4.69) is 10.5 Å². The first-order valence-corrected chi connectivity index (χ1v) is 5.23. The van der Waals surface area contributed by atoms with Crippen molar-refractivity contribution in [2.45, 2.75) is 27.2 Å². The van der Waals surface area contributed by atoms with E-state index < -0.39 is 11.4 Å². The highest BCUT2D eigenvalue weighted by molar-refractivity contribution is 5.80. The molecule has 1 aromatic rings. The van der Waals surface area contributed by atoms with E-state index in [-0.39, 0.29) is 18.9 Å². The molecule has 0 aliphatic heterocycles. The Bertz CT molecular complexity index is 423. The molecule has 17 heavy (non-hydrogen) atoms. The maximum Gasteiger partial charge on any atom is 0.310 e. The lowest BCUT2D eigenvalue weighted by Crippen LogP contribution is -2.39. The Morgan fingerprint density at radius 1 is 1.53 bits per heavy atom. The zero-order valence-corrected chi connectivity index (χ0v) is 10.1. The predicted octanol–water partition coefficient (Wildman–Crippen LogP) is 0.753. The number of carboxylic acid groups (broad SMARTS) is 1. The average molecular weight is 240 g/mol. The van der Waals surface area contributed by atoms with E-state index in [1.807, 2.05) is 0 Å². The highest BCUT2D eigenvalue weighted by Gasteiger charge is 2.27. The second-order valence-corrected chi connectivity index (χ2v) is 4.57. The molecule has 94 valence electrons. The van der Waals surface area contributed by atoms with Crippen LogP contribution in [0, 0.1) is 12.3 Å². The van der Waals surface area contributed by atoms with Crippen LogP contribution >= 0.6 is 0 Å². The Kier molecular flexibility index (Phi) is 3.88. The van der Waals surface area contributed by atoms with Gasteiger partial charge in [0.1, 0.15) is 5.76 Å². The Balaban J connectivity index is 2.43. The predicted molar refractivity (Wildman–Crippen MR) is 59.4 cm³/mol. The molecule has 0 fully saturated rings. The van der Waals surface area contributed by atoms with Crippen LogP contribution in [0.15, 0.2) is 10.6 Å². The summed E-state index contributed by atoms with van der Waals surface area (Å²) >= 11 is 0. The molecule has 0 aromatic carbocycles. The number of hydrogen-bond donors (Lipinski definition) is 2. The minimum Gasteiger partial charge on any atom is -0.481 e. The number of aromatic nitrogens is 1. The molecule has 2 N–H and O–H groups in total. The van der Waals surface area contributed by atoms with Crippen molar-refractivity contribution in [3.63, 3.8) is 0 Å². The Morgan fingerprint density at radius 2 is 2.18 bits per heavy atom. The van der Waals surface area contributed by atoms with Crippen molar-refractivity contribution < 1.29 is 19.2 Å². The summed E-state index contributed by atoms with van der Waals surface area (Å²) in [5.41, 5.74) is -0.441. The first-order valence-electron chi connectivity index (χ1n) is 5.23. The van der Waals surface area contributed by atoms with E-state index >= 15 is 0 Å². The molecule has 0 bridgehead atoms. The molecule has 0 saturated heterocycles. The maximum absolute atomic E-state index is 11.5. The van der Waals surface area contributed by atoms with Crippen LogP contribution < -0.4 is 5.32 Å². The SMILES string of the molecule is Cc1cc(CC(=O)NCC(C)(C)C(=O)O)no1. The van der Waals surface area contributed by atoms with Crippen LogP contribution in [0.1, 0.15) is 25.3 Å². The van der Waals surface area contributed by atoms with E-state index in [4.69, 9.17) is 9.63 Å². The molecular formula is C11H16N2O4. The van der Waals surface area contributed by atoms with Gasteiger partial charge >= 0.3 is 5.97 Å². The Hall–Kier alpha value is -1.85. The van der Waals surface area contributed by atoms with Crippen LogP contribution in [0.25, 0.3) is 0 Å². The topological polar surface area (TPSA) is 92.4 Å². The van der Waals surface area contributed by atoms with Crippen molar-refractivity contribution in [1.29, 1.82) is 0 Å². The molecule has 1 rings (SSSR count). The molecule has 0 aliphatic rings. The van der Waals surface area contributed by atoms with Crippen LogP contribution in [0.5, 0.6) is 0 Å². The van der Waals surface area contributed by atoms with Crippen molar-refractivity contribution in [2.75, 3.05) is 6.54 Å². The van der Waals surface area contributed by atoms with Crippen LogP contribution in [-0.2, 0) is 16.0 Å². The number of aliphatic carboxylic acids is 1. The van der Waals surface area contributed by atoms with Gasteiger partial charge in [-0.1, -0.05) is 5.16 Å². The number of aryl methyl sites for hydroxylation is 1. The van der Waals surface area contributed by atoms with E-state index in [9.17, 15) is 9.59 Å². The zero-order chi connectivity index (χ0) is 13.1. The number of hydrogen-bond acceptors (Lipinski definition) is 4. The van der Waals surface area contributed by atoms with Gasteiger partial charge in [0.05, 0.1) is 17.5 Å². The average Bonchev–Trinajstić information content (AvgIpc) is 2.61. The lowest BCUT2D eigenvalue weighted by molar-refractivity contribution is -0.146. The first-order chi connectivity index (χ1) is 7.81. The van der Waals surface area contributed by atoms with Gasteiger partial charge in [0.25, 0.3) is 0 Å². The summed E-state index contributed by atoms with van der Waals surface area (Å²) < 4.78 is 4.82. The van der Waals surface area contributed by atoms with Crippen molar-refractivity contribution in [2.24, 2.45) is 5.41 Å². The molecule has 0 saturated carbocycles. The number of nitrogens with one attached hydrogen (secondary N) is 1. The van der Waals surface area contributed by atoms with Crippen molar-refractivity contribution in [3.05, 3.63) is 17.5 Å². The summed E-state index contributed by atoms with van der Waals surface area (Å²) in [5.74, 6) is -0.582. The second-order valence-electron chi connectivity index (χ2n) is 4.57. The second kappa shape index (κ2) is 4.99. The quantitative estimate of drug-likeness (QED) is 0.792. The third kappa shape index (κ3) is 3.90. The number of rotatable bonds is 5. The molecule has 0 spiro atoms. The smallest absolute Gasteiger partial charge is 0.310 e. The van der Waals surface area contributed by atoms with Gasteiger partial charge in [0, 0.05) is 12.6 Å². The van der Waals surface area contributed by atoms with Crippen LogP contribution in [0.4, 0.5) is 0 Å². The number of carbonyl (C=O) groups excluding carboxylic acids is 1. The summed E-state index contributed by atoms with van der Waals surface area (Å²) in [4.78, 5) is 22.3. The number of carbonyl (C=O) groups is 2. The van der Waals surface area contributed by atoms with E-state index in [0.29, 0.717) is 11.5 Å². The maximum atomic E-state index is 11.5. The molecule has 0 atom stereocenters.